The number of hydrogen-bond donors (Lipinski definition) is 0. The van der Waals surface area contributed by atoms with Crippen molar-refractivity contribution in [2.75, 3.05) is 0 Å². The largest absolute Gasteiger partial charge is 0.375 e. The second-order valence-corrected chi connectivity index (χ2v) is 5.51. The zero-order valence-corrected chi connectivity index (χ0v) is 9.60. The molecule has 2 atom stereocenters. The molecule has 1 heterocycles. The third-order valence-electron chi connectivity index (χ3n) is 2.65. The molecule has 1 fully saturated rings. The third-order valence-corrected chi connectivity index (χ3v) is 2.65. The smallest absolute Gasteiger partial charge is 0.0584 e. The first kappa shape index (κ1) is 11.0. The molecule has 0 aromatic carbocycles. The molecule has 1 saturated heterocycles. The van der Waals surface area contributed by atoms with Crippen molar-refractivity contribution >= 4 is 0 Å². The Balaban J connectivity index is 2.25. The minimum atomic E-state index is 0.422. The Kier molecular flexibility index (Phi) is 3.78. The molecule has 0 aliphatic carbocycles. The zero-order valence-electron chi connectivity index (χ0n) is 9.60. The summed E-state index contributed by atoms with van der Waals surface area (Å²) in [6.07, 6.45) is 7.39. The topological polar surface area (TPSA) is 9.23 Å². The molecule has 13 heavy (non-hydrogen) atoms. The van der Waals surface area contributed by atoms with Crippen LogP contribution in [0.1, 0.15) is 59.8 Å². The van der Waals surface area contributed by atoms with Gasteiger partial charge in [-0.1, -0.05) is 34.1 Å². The van der Waals surface area contributed by atoms with E-state index in [9.17, 15) is 0 Å². The SMILES string of the molecule is CCCC1CCC(CC(C)(C)C)O1. The van der Waals surface area contributed by atoms with Gasteiger partial charge in [-0.05, 0) is 31.1 Å². The summed E-state index contributed by atoms with van der Waals surface area (Å²) < 4.78 is 5.98. The van der Waals surface area contributed by atoms with Crippen molar-refractivity contribution in [3.05, 3.63) is 0 Å². The number of rotatable bonds is 3. The molecular formula is C12H24O. The first-order valence-corrected chi connectivity index (χ1v) is 5.67. The highest BCUT2D eigenvalue weighted by molar-refractivity contribution is 4.77. The van der Waals surface area contributed by atoms with Crippen molar-refractivity contribution in [3.63, 3.8) is 0 Å². The molecule has 78 valence electrons. The molecule has 0 bridgehead atoms. The van der Waals surface area contributed by atoms with Crippen LogP contribution in [0.25, 0.3) is 0 Å². The van der Waals surface area contributed by atoms with Gasteiger partial charge in [0.05, 0.1) is 12.2 Å². The minimum absolute atomic E-state index is 0.422. The van der Waals surface area contributed by atoms with Crippen molar-refractivity contribution in [1.29, 1.82) is 0 Å². The molecule has 0 amide bonds. The van der Waals surface area contributed by atoms with E-state index in [1.54, 1.807) is 0 Å². The molecule has 0 aromatic rings. The second kappa shape index (κ2) is 4.45. The monoisotopic (exact) mass is 184 g/mol. The van der Waals surface area contributed by atoms with E-state index in [1.807, 2.05) is 0 Å². The lowest BCUT2D eigenvalue weighted by Gasteiger charge is -2.23. The van der Waals surface area contributed by atoms with Crippen LogP contribution in [0, 0.1) is 5.41 Å². The van der Waals surface area contributed by atoms with Crippen LogP contribution in [0.15, 0.2) is 0 Å². The van der Waals surface area contributed by atoms with E-state index in [0.717, 1.165) is 0 Å². The summed E-state index contributed by atoms with van der Waals surface area (Å²) in [6.45, 7) is 9.12. The Labute approximate surface area is 82.9 Å². The average molecular weight is 184 g/mol. The van der Waals surface area contributed by atoms with Gasteiger partial charge in [0.1, 0.15) is 0 Å². The van der Waals surface area contributed by atoms with Crippen molar-refractivity contribution in [2.45, 2.75) is 72.0 Å². The maximum absolute atomic E-state index is 5.98. The molecule has 2 unspecified atom stereocenters. The summed E-state index contributed by atoms with van der Waals surface area (Å²) >= 11 is 0. The van der Waals surface area contributed by atoms with E-state index < -0.39 is 0 Å². The fraction of sp³-hybridized carbons (Fsp3) is 1.00. The van der Waals surface area contributed by atoms with Crippen LogP contribution < -0.4 is 0 Å². The van der Waals surface area contributed by atoms with Crippen LogP contribution in [-0.2, 0) is 4.74 Å². The Morgan fingerprint density at radius 1 is 1.15 bits per heavy atom. The van der Waals surface area contributed by atoms with Gasteiger partial charge in [-0.3, -0.25) is 0 Å². The highest BCUT2D eigenvalue weighted by Gasteiger charge is 2.27. The molecule has 1 aliphatic rings. The lowest BCUT2D eigenvalue weighted by atomic mass is 9.88. The van der Waals surface area contributed by atoms with Gasteiger partial charge in [0.15, 0.2) is 0 Å². The third kappa shape index (κ3) is 4.12. The molecule has 1 heteroatoms. The van der Waals surface area contributed by atoms with E-state index in [4.69, 9.17) is 4.74 Å². The minimum Gasteiger partial charge on any atom is -0.375 e. The molecule has 1 aliphatic heterocycles. The predicted molar refractivity (Wildman–Crippen MR) is 56.9 cm³/mol. The van der Waals surface area contributed by atoms with Crippen molar-refractivity contribution < 1.29 is 4.74 Å². The van der Waals surface area contributed by atoms with Crippen LogP contribution >= 0.6 is 0 Å². The average Bonchev–Trinajstić information content (AvgIpc) is 2.33. The van der Waals surface area contributed by atoms with E-state index in [1.165, 1.54) is 32.1 Å². The maximum Gasteiger partial charge on any atom is 0.0584 e. The van der Waals surface area contributed by atoms with Crippen molar-refractivity contribution in [3.8, 4) is 0 Å². The summed E-state index contributed by atoms with van der Waals surface area (Å²) in [5.74, 6) is 0. The van der Waals surface area contributed by atoms with Gasteiger partial charge in [0, 0.05) is 0 Å². The van der Waals surface area contributed by atoms with Crippen LogP contribution in [0.5, 0.6) is 0 Å². The molecule has 0 aromatic heterocycles. The Hall–Kier alpha value is -0.0400. The number of hydrogen-bond acceptors (Lipinski definition) is 1. The van der Waals surface area contributed by atoms with E-state index in [2.05, 4.69) is 27.7 Å². The Bertz CT molecular complexity index is 146. The van der Waals surface area contributed by atoms with Gasteiger partial charge in [-0.25, -0.2) is 0 Å². The van der Waals surface area contributed by atoms with Crippen LogP contribution in [0.2, 0.25) is 0 Å². The zero-order chi connectivity index (χ0) is 9.90. The van der Waals surface area contributed by atoms with Crippen molar-refractivity contribution in [2.24, 2.45) is 5.41 Å². The molecular weight excluding hydrogens is 160 g/mol. The molecule has 1 nitrogen and oxygen atoms in total. The van der Waals surface area contributed by atoms with Crippen LogP contribution in [-0.4, -0.2) is 12.2 Å². The lowest BCUT2D eigenvalue weighted by Crippen LogP contribution is -2.18. The summed E-state index contributed by atoms with van der Waals surface area (Å²) in [7, 11) is 0. The molecule has 1 rings (SSSR count). The molecule has 0 radical (unpaired) electrons. The summed E-state index contributed by atoms with van der Waals surface area (Å²) in [5, 5.41) is 0. The van der Waals surface area contributed by atoms with Crippen molar-refractivity contribution in [1.82, 2.24) is 0 Å². The fourth-order valence-electron chi connectivity index (χ4n) is 2.15. The van der Waals surface area contributed by atoms with Gasteiger partial charge in [0.2, 0.25) is 0 Å². The van der Waals surface area contributed by atoms with E-state index in [0.29, 0.717) is 17.6 Å². The van der Waals surface area contributed by atoms with Gasteiger partial charge in [0.25, 0.3) is 0 Å². The van der Waals surface area contributed by atoms with Crippen LogP contribution in [0.3, 0.4) is 0 Å². The standard InChI is InChI=1S/C12H24O/c1-5-6-10-7-8-11(13-10)9-12(2,3)4/h10-11H,5-9H2,1-4H3. The quantitative estimate of drug-likeness (QED) is 0.648. The van der Waals surface area contributed by atoms with E-state index >= 15 is 0 Å². The maximum atomic E-state index is 5.98. The highest BCUT2D eigenvalue weighted by atomic mass is 16.5. The van der Waals surface area contributed by atoms with Gasteiger partial charge >= 0.3 is 0 Å². The lowest BCUT2D eigenvalue weighted by molar-refractivity contribution is 0.0188. The predicted octanol–water partition coefficient (Wildman–Crippen LogP) is 3.77. The molecule has 0 saturated carbocycles. The first-order valence-electron chi connectivity index (χ1n) is 5.67. The summed E-state index contributed by atoms with van der Waals surface area (Å²) in [4.78, 5) is 0. The summed E-state index contributed by atoms with van der Waals surface area (Å²) in [5.41, 5.74) is 0.422. The Morgan fingerprint density at radius 2 is 1.77 bits per heavy atom. The highest BCUT2D eigenvalue weighted by Crippen LogP contribution is 2.31. The number of ether oxygens (including phenoxy) is 1. The fourth-order valence-corrected chi connectivity index (χ4v) is 2.15. The first-order chi connectivity index (χ1) is 6.01. The summed E-state index contributed by atoms with van der Waals surface area (Å²) in [6, 6.07) is 0. The van der Waals surface area contributed by atoms with E-state index in [-0.39, 0.29) is 0 Å². The Morgan fingerprint density at radius 3 is 2.31 bits per heavy atom. The second-order valence-electron chi connectivity index (χ2n) is 5.51. The normalized spacial score (nSPS) is 29.5. The van der Waals surface area contributed by atoms with Crippen LogP contribution in [0.4, 0.5) is 0 Å². The van der Waals surface area contributed by atoms with Gasteiger partial charge in [-0.2, -0.15) is 0 Å². The van der Waals surface area contributed by atoms with Gasteiger partial charge < -0.3 is 4.74 Å². The molecule has 0 N–H and O–H groups in total. The van der Waals surface area contributed by atoms with Gasteiger partial charge in [-0.15, -0.1) is 0 Å². The molecule has 0 spiro atoms.